The predicted molar refractivity (Wildman–Crippen MR) is 93.9 cm³/mol. The molecule has 1 amide bonds. The van der Waals surface area contributed by atoms with E-state index in [2.05, 4.69) is 9.72 Å². The van der Waals surface area contributed by atoms with Crippen LogP contribution in [0.3, 0.4) is 0 Å². The second-order valence-corrected chi connectivity index (χ2v) is 6.31. The van der Waals surface area contributed by atoms with Gasteiger partial charge in [0.2, 0.25) is 0 Å². The molecule has 1 aliphatic heterocycles. The van der Waals surface area contributed by atoms with Gasteiger partial charge in [-0.15, -0.1) is 0 Å². The molecule has 1 saturated heterocycles. The highest BCUT2D eigenvalue weighted by Gasteiger charge is 2.33. The van der Waals surface area contributed by atoms with Gasteiger partial charge >= 0.3 is 12.1 Å². The molecule has 0 spiro atoms. The van der Waals surface area contributed by atoms with Gasteiger partial charge in [-0.1, -0.05) is 0 Å². The summed E-state index contributed by atoms with van der Waals surface area (Å²) in [5.74, 6) is -0.0598. The summed E-state index contributed by atoms with van der Waals surface area (Å²) in [7, 11) is 1.29. The van der Waals surface area contributed by atoms with Gasteiger partial charge in [-0.3, -0.25) is 9.69 Å². The van der Waals surface area contributed by atoms with Crippen molar-refractivity contribution in [1.82, 2.24) is 4.90 Å². The SMILES string of the molecule is COC(=O)c1ccc(C(=O)N2CCN(c3ccc(C(F)(F)F)c[nH+]3)CC2)cc1. The number of hydrogen-bond acceptors (Lipinski definition) is 4. The number of aromatic nitrogens is 1. The minimum Gasteiger partial charge on any atom is -0.465 e. The van der Waals surface area contributed by atoms with Crippen molar-refractivity contribution in [2.24, 2.45) is 0 Å². The zero-order valence-electron chi connectivity index (χ0n) is 15.1. The molecule has 9 heteroatoms. The van der Waals surface area contributed by atoms with Crippen molar-refractivity contribution in [2.75, 3.05) is 38.2 Å². The van der Waals surface area contributed by atoms with Gasteiger partial charge in [-0.2, -0.15) is 13.2 Å². The maximum atomic E-state index is 12.6. The van der Waals surface area contributed by atoms with Crippen LogP contribution in [0.25, 0.3) is 0 Å². The number of rotatable bonds is 3. The Morgan fingerprint density at radius 1 is 0.964 bits per heavy atom. The molecular weight excluding hydrogens is 375 g/mol. The monoisotopic (exact) mass is 394 g/mol. The molecule has 2 aromatic rings. The molecule has 0 aliphatic carbocycles. The number of methoxy groups -OCH3 is 1. The maximum Gasteiger partial charge on any atom is 0.419 e. The molecule has 0 unspecified atom stereocenters. The summed E-state index contributed by atoms with van der Waals surface area (Å²) < 4.78 is 42.6. The van der Waals surface area contributed by atoms with E-state index in [1.54, 1.807) is 17.0 Å². The average Bonchev–Trinajstić information content (AvgIpc) is 2.72. The second-order valence-electron chi connectivity index (χ2n) is 6.31. The van der Waals surface area contributed by atoms with Crippen LogP contribution in [0, 0.1) is 0 Å². The van der Waals surface area contributed by atoms with Crippen LogP contribution in [-0.4, -0.2) is 50.1 Å². The molecule has 1 aliphatic rings. The molecule has 0 saturated carbocycles. The lowest BCUT2D eigenvalue weighted by molar-refractivity contribution is -0.367. The Balaban J connectivity index is 1.60. The van der Waals surface area contributed by atoms with Crippen molar-refractivity contribution < 1.29 is 32.5 Å². The summed E-state index contributed by atoms with van der Waals surface area (Å²) in [4.78, 5) is 30.3. The highest BCUT2D eigenvalue weighted by Crippen LogP contribution is 2.28. The summed E-state index contributed by atoms with van der Waals surface area (Å²) in [6.45, 7) is 1.86. The quantitative estimate of drug-likeness (QED) is 0.750. The summed E-state index contributed by atoms with van der Waals surface area (Å²) in [6, 6.07) is 8.65. The third kappa shape index (κ3) is 4.24. The van der Waals surface area contributed by atoms with Crippen LogP contribution in [0.2, 0.25) is 0 Å². The summed E-state index contributed by atoms with van der Waals surface area (Å²) in [5.41, 5.74) is 0.0874. The Morgan fingerprint density at radius 2 is 1.57 bits per heavy atom. The normalized spacial score (nSPS) is 14.7. The maximum absolute atomic E-state index is 12.6. The number of alkyl halides is 3. The van der Waals surface area contributed by atoms with Crippen molar-refractivity contribution in [3.8, 4) is 0 Å². The molecule has 1 fully saturated rings. The first-order valence-corrected chi connectivity index (χ1v) is 8.61. The fraction of sp³-hybridized carbons (Fsp3) is 0.316. The zero-order valence-corrected chi connectivity index (χ0v) is 15.1. The number of carbonyl (C=O) groups excluding carboxylic acids is 2. The van der Waals surface area contributed by atoms with Crippen LogP contribution in [0.4, 0.5) is 19.0 Å². The second kappa shape index (κ2) is 7.87. The lowest BCUT2D eigenvalue weighted by atomic mass is 10.1. The fourth-order valence-electron chi connectivity index (χ4n) is 2.99. The number of H-pyrrole nitrogens is 1. The standard InChI is InChI=1S/C19H18F3N3O3/c1-28-18(27)14-4-2-13(3-5-14)17(26)25-10-8-24(9-11-25)16-7-6-15(12-23-16)19(20,21)22/h2-7,12H,8-11H2,1H3/p+1. The highest BCUT2D eigenvalue weighted by molar-refractivity contribution is 5.96. The molecule has 1 aromatic heterocycles. The number of carbonyl (C=O) groups is 2. The van der Waals surface area contributed by atoms with Crippen LogP contribution in [0.1, 0.15) is 26.3 Å². The topological polar surface area (TPSA) is 64.0 Å². The van der Waals surface area contributed by atoms with Crippen LogP contribution in [0.15, 0.2) is 42.6 Å². The summed E-state index contributed by atoms with van der Waals surface area (Å²) in [6.07, 6.45) is -3.45. The molecule has 148 valence electrons. The van der Waals surface area contributed by atoms with Gasteiger partial charge in [0.05, 0.1) is 31.3 Å². The number of pyridine rings is 1. The minimum absolute atomic E-state index is 0.160. The van der Waals surface area contributed by atoms with E-state index < -0.39 is 17.7 Å². The first kappa shape index (κ1) is 19.7. The van der Waals surface area contributed by atoms with Crippen molar-refractivity contribution in [2.45, 2.75) is 6.18 Å². The number of piperazine rings is 1. The van der Waals surface area contributed by atoms with E-state index in [4.69, 9.17) is 0 Å². The molecule has 1 aromatic carbocycles. The number of nitrogens with one attached hydrogen (secondary N) is 1. The van der Waals surface area contributed by atoms with E-state index in [1.807, 2.05) is 4.90 Å². The van der Waals surface area contributed by atoms with Gasteiger partial charge in [-0.25, -0.2) is 9.78 Å². The van der Waals surface area contributed by atoms with Gasteiger partial charge in [0, 0.05) is 11.6 Å². The molecule has 0 bridgehead atoms. The van der Waals surface area contributed by atoms with Gasteiger partial charge in [0.1, 0.15) is 19.3 Å². The van der Waals surface area contributed by atoms with E-state index in [0.29, 0.717) is 43.1 Å². The van der Waals surface area contributed by atoms with E-state index in [9.17, 15) is 22.8 Å². The number of hydrogen-bond donors (Lipinski definition) is 0. The number of ether oxygens (including phenoxy) is 1. The van der Waals surface area contributed by atoms with E-state index >= 15 is 0 Å². The van der Waals surface area contributed by atoms with Gasteiger partial charge in [0.25, 0.3) is 11.7 Å². The van der Waals surface area contributed by atoms with Crippen molar-refractivity contribution in [3.05, 3.63) is 59.3 Å². The lowest BCUT2D eigenvalue weighted by Gasteiger charge is -2.31. The first-order chi connectivity index (χ1) is 13.3. The van der Waals surface area contributed by atoms with Crippen molar-refractivity contribution in [3.63, 3.8) is 0 Å². The Kier molecular flexibility index (Phi) is 5.53. The fourth-order valence-corrected chi connectivity index (χ4v) is 2.99. The van der Waals surface area contributed by atoms with Crippen LogP contribution in [0.5, 0.6) is 0 Å². The highest BCUT2D eigenvalue weighted by atomic mass is 19.4. The molecule has 2 heterocycles. The Hall–Kier alpha value is -3.10. The van der Waals surface area contributed by atoms with Gasteiger partial charge < -0.3 is 9.64 Å². The summed E-state index contributed by atoms with van der Waals surface area (Å²) in [5, 5.41) is 0. The number of benzene rings is 1. The molecule has 28 heavy (non-hydrogen) atoms. The van der Waals surface area contributed by atoms with Crippen LogP contribution in [-0.2, 0) is 10.9 Å². The number of halogens is 3. The number of esters is 1. The predicted octanol–water partition coefficient (Wildman–Crippen LogP) is 2.27. The molecule has 1 N–H and O–H groups in total. The Bertz CT molecular complexity index is 843. The molecule has 3 rings (SSSR count). The lowest BCUT2D eigenvalue weighted by Crippen LogP contribution is -2.50. The number of amides is 1. The van der Waals surface area contributed by atoms with Crippen molar-refractivity contribution in [1.29, 1.82) is 0 Å². The molecule has 0 radical (unpaired) electrons. The smallest absolute Gasteiger partial charge is 0.419 e. The van der Waals surface area contributed by atoms with Crippen molar-refractivity contribution >= 4 is 17.7 Å². The van der Waals surface area contributed by atoms with E-state index in [0.717, 1.165) is 12.3 Å². The summed E-state index contributed by atoms with van der Waals surface area (Å²) >= 11 is 0. The van der Waals surface area contributed by atoms with E-state index in [-0.39, 0.29) is 5.91 Å². The third-order valence-corrected chi connectivity index (χ3v) is 4.58. The number of nitrogens with zero attached hydrogens (tertiary/aromatic N) is 2. The molecule has 0 atom stereocenters. The van der Waals surface area contributed by atoms with Crippen LogP contribution >= 0.6 is 0 Å². The number of aromatic amines is 1. The zero-order chi connectivity index (χ0) is 20.3. The number of anilines is 1. The van der Waals surface area contributed by atoms with E-state index in [1.165, 1.54) is 25.3 Å². The largest absolute Gasteiger partial charge is 0.465 e. The first-order valence-electron chi connectivity index (χ1n) is 8.61. The third-order valence-electron chi connectivity index (χ3n) is 4.58. The van der Waals surface area contributed by atoms with Crippen LogP contribution < -0.4 is 9.88 Å². The van der Waals surface area contributed by atoms with Gasteiger partial charge in [0.15, 0.2) is 0 Å². The minimum atomic E-state index is -4.39. The van der Waals surface area contributed by atoms with Gasteiger partial charge in [-0.05, 0) is 30.3 Å². The Labute approximate surface area is 159 Å². The Morgan fingerprint density at radius 3 is 2.07 bits per heavy atom. The molecule has 6 nitrogen and oxygen atoms in total. The molecular formula is C19H19F3N3O3+. The average molecular weight is 394 g/mol.